The van der Waals surface area contributed by atoms with Gasteiger partial charge in [-0.2, -0.15) is 0 Å². The van der Waals surface area contributed by atoms with Crippen LogP contribution in [0.25, 0.3) is 0 Å². The van der Waals surface area contributed by atoms with Crippen LogP contribution in [0.1, 0.15) is 31.4 Å². The van der Waals surface area contributed by atoms with E-state index in [0.29, 0.717) is 12.3 Å². The molecule has 0 unspecified atom stereocenters. The van der Waals surface area contributed by atoms with E-state index in [2.05, 4.69) is 4.90 Å². The van der Waals surface area contributed by atoms with Gasteiger partial charge in [0.2, 0.25) is 0 Å². The highest BCUT2D eigenvalue weighted by atomic mass is 16.6. The first-order chi connectivity index (χ1) is 7.75. The summed E-state index contributed by atoms with van der Waals surface area (Å²) >= 11 is 0. The van der Waals surface area contributed by atoms with E-state index >= 15 is 0 Å². The molecule has 0 amide bonds. The molecule has 0 radical (unpaired) electrons. The Bertz CT molecular complexity index is 354. The number of furan rings is 1. The number of hydrogen-bond acceptors (Lipinski definition) is 4. The predicted molar refractivity (Wildman–Crippen MR) is 59.1 cm³/mol. The minimum absolute atomic E-state index is 0.162. The van der Waals surface area contributed by atoms with Crippen molar-refractivity contribution >= 4 is 5.88 Å². The Hall–Kier alpha value is -1.36. The average molecular weight is 224 g/mol. The maximum absolute atomic E-state index is 10.5. The Morgan fingerprint density at radius 1 is 1.25 bits per heavy atom. The van der Waals surface area contributed by atoms with Crippen molar-refractivity contribution in [3.8, 4) is 0 Å². The number of nitro groups is 1. The van der Waals surface area contributed by atoms with Gasteiger partial charge in [0.1, 0.15) is 10.7 Å². The molecular formula is C11H16N2O3. The summed E-state index contributed by atoms with van der Waals surface area (Å²) in [7, 11) is 0. The second kappa shape index (κ2) is 5.12. The van der Waals surface area contributed by atoms with Gasteiger partial charge in [-0.15, -0.1) is 0 Å². The van der Waals surface area contributed by atoms with E-state index in [1.807, 2.05) is 0 Å². The maximum Gasteiger partial charge on any atom is 0.433 e. The van der Waals surface area contributed by atoms with Crippen molar-refractivity contribution in [2.24, 2.45) is 0 Å². The number of rotatable bonds is 3. The second-order valence-corrected chi connectivity index (χ2v) is 4.19. The molecule has 1 aliphatic rings. The van der Waals surface area contributed by atoms with Gasteiger partial charge in [0.25, 0.3) is 0 Å². The van der Waals surface area contributed by atoms with Gasteiger partial charge in [-0.25, -0.2) is 0 Å². The molecule has 0 N–H and O–H groups in total. The second-order valence-electron chi connectivity index (χ2n) is 4.19. The van der Waals surface area contributed by atoms with E-state index in [4.69, 9.17) is 4.42 Å². The zero-order chi connectivity index (χ0) is 11.4. The third kappa shape index (κ3) is 2.82. The van der Waals surface area contributed by atoms with Gasteiger partial charge in [-0.3, -0.25) is 15.0 Å². The van der Waals surface area contributed by atoms with E-state index in [0.717, 1.165) is 13.1 Å². The van der Waals surface area contributed by atoms with Gasteiger partial charge in [-0.05, 0) is 32.0 Å². The summed E-state index contributed by atoms with van der Waals surface area (Å²) in [5, 5.41) is 10.5. The van der Waals surface area contributed by atoms with Gasteiger partial charge in [0.05, 0.1) is 12.6 Å². The van der Waals surface area contributed by atoms with Crippen molar-refractivity contribution in [1.82, 2.24) is 4.90 Å². The third-order valence-electron chi connectivity index (χ3n) is 2.91. The van der Waals surface area contributed by atoms with Crippen molar-refractivity contribution in [1.29, 1.82) is 0 Å². The van der Waals surface area contributed by atoms with E-state index < -0.39 is 4.92 Å². The van der Waals surface area contributed by atoms with Gasteiger partial charge >= 0.3 is 5.88 Å². The van der Waals surface area contributed by atoms with E-state index in [1.54, 1.807) is 6.07 Å². The molecule has 1 aliphatic heterocycles. The predicted octanol–water partition coefficient (Wildman–Crippen LogP) is 2.56. The van der Waals surface area contributed by atoms with Crippen LogP contribution in [0.3, 0.4) is 0 Å². The van der Waals surface area contributed by atoms with Crippen LogP contribution in [0, 0.1) is 10.1 Å². The molecule has 1 aromatic heterocycles. The van der Waals surface area contributed by atoms with Crippen molar-refractivity contribution in [2.75, 3.05) is 13.1 Å². The Balaban J connectivity index is 1.94. The number of nitrogens with zero attached hydrogens (tertiary/aromatic N) is 2. The smallest absolute Gasteiger partial charge is 0.404 e. The van der Waals surface area contributed by atoms with Crippen LogP contribution in [-0.4, -0.2) is 22.9 Å². The summed E-state index contributed by atoms with van der Waals surface area (Å²) in [5.74, 6) is 0.526. The van der Waals surface area contributed by atoms with E-state index in [1.165, 1.54) is 31.7 Å². The highest BCUT2D eigenvalue weighted by Crippen LogP contribution is 2.18. The Labute approximate surface area is 94.2 Å². The van der Waals surface area contributed by atoms with Crippen molar-refractivity contribution in [2.45, 2.75) is 32.2 Å². The molecule has 0 aromatic carbocycles. The molecule has 16 heavy (non-hydrogen) atoms. The molecule has 5 heteroatoms. The highest BCUT2D eigenvalue weighted by Gasteiger charge is 2.15. The zero-order valence-electron chi connectivity index (χ0n) is 9.22. The standard InChI is InChI=1S/C11H16N2O3/c14-13(15)11-6-5-10(16-11)9-12-7-3-1-2-4-8-12/h5-6H,1-4,7-9H2. The summed E-state index contributed by atoms with van der Waals surface area (Å²) in [5.41, 5.74) is 0. The van der Waals surface area contributed by atoms with Crippen LogP contribution in [0.15, 0.2) is 16.5 Å². The normalized spacial score (nSPS) is 18.2. The van der Waals surface area contributed by atoms with Crippen LogP contribution in [0.4, 0.5) is 5.88 Å². The molecule has 2 rings (SSSR count). The lowest BCUT2D eigenvalue weighted by molar-refractivity contribution is -0.402. The average Bonchev–Trinajstić information content (AvgIpc) is 2.56. The molecule has 1 saturated heterocycles. The van der Waals surface area contributed by atoms with E-state index in [-0.39, 0.29) is 5.88 Å². The van der Waals surface area contributed by atoms with Gasteiger partial charge in [-0.1, -0.05) is 12.8 Å². The Kier molecular flexibility index (Phi) is 3.56. The molecule has 1 fully saturated rings. The molecule has 2 heterocycles. The fourth-order valence-corrected chi connectivity index (χ4v) is 2.06. The monoisotopic (exact) mass is 224 g/mol. The topological polar surface area (TPSA) is 59.5 Å². The molecular weight excluding hydrogens is 208 g/mol. The zero-order valence-corrected chi connectivity index (χ0v) is 9.22. The van der Waals surface area contributed by atoms with Crippen molar-refractivity contribution in [3.63, 3.8) is 0 Å². The molecule has 5 nitrogen and oxygen atoms in total. The van der Waals surface area contributed by atoms with Gasteiger partial charge in [0, 0.05) is 0 Å². The summed E-state index contributed by atoms with van der Waals surface area (Å²) in [4.78, 5) is 12.3. The number of likely N-dealkylation sites (tertiary alicyclic amines) is 1. The summed E-state index contributed by atoms with van der Waals surface area (Å²) in [6, 6.07) is 3.12. The van der Waals surface area contributed by atoms with Crippen LogP contribution in [0.5, 0.6) is 0 Å². The van der Waals surface area contributed by atoms with Crippen LogP contribution in [0.2, 0.25) is 0 Å². The Morgan fingerprint density at radius 2 is 1.94 bits per heavy atom. The maximum atomic E-state index is 10.5. The number of hydrogen-bond donors (Lipinski definition) is 0. The highest BCUT2D eigenvalue weighted by molar-refractivity contribution is 5.17. The molecule has 0 aliphatic carbocycles. The van der Waals surface area contributed by atoms with Crippen molar-refractivity contribution in [3.05, 3.63) is 28.0 Å². The minimum atomic E-state index is -0.494. The lowest BCUT2D eigenvalue weighted by Crippen LogP contribution is -2.23. The van der Waals surface area contributed by atoms with Crippen LogP contribution >= 0.6 is 0 Å². The lowest BCUT2D eigenvalue weighted by Gasteiger charge is -2.17. The molecule has 0 bridgehead atoms. The minimum Gasteiger partial charge on any atom is -0.404 e. The molecule has 0 atom stereocenters. The molecule has 88 valence electrons. The van der Waals surface area contributed by atoms with Crippen molar-refractivity contribution < 1.29 is 9.34 Å². The molecule has 0 spiro atoms. The largest absolute Gasteiger partial charge is 0.433 e. The SMILES string of the molecule is O=[N+]([O-])c1ccc(CN2CCCCCC2)o1. The van der Waals surface area contributed by atoms with E-state index in [9.17, 15) is 10.1 Å². The van der Waals surface area contributed by atoms with Crippen LogP contribution < -0.4 is 0 Å². The van der Waals surface area contributed by atoms with Gasteiger partial charge in [0.15, 0.2) is 0 Å². The summed E-state index contributed by atoms with van der Waals surface area (Å²) in [6.45, 7) is 2.82. The first-order valence-electron chi connectivity index (χ1n) is 5.71. The first-order valence-corrected chi connectivity index (χ1v) is 5.71. The molecule has 1 aromatic rings. The quantitative estimate of drug-likeness (QED) is 0.584. The third-order valence-corrected chi connectivity index (χ3v) is 2.91. The van der Waals surface area contributed by atoms with Gasteiger partial charge < -0.3 is 4.42 Å². The molecule has 0 saturated carbocycles. The summed E-state index contributed by atoms with van der Waals surface area (Å²) < 4.78 is 5.15. The summed E-state index contributed by atoms with van der Waals surface area (Å²) in [6.07, 6.45) is 5.00. The fraction of sp³-hybridized carbons (Fsp3) is 0.636. The Morgan fingerprint density at radius 3 is 2.50 bits per heavy atom. The first kappa shape index (κ1) is 11.1. The van der Waals surface area contributed by atoms with Crippen LogP contribution in [-0.2, 0) is 6.54 Å². The lowest BCUT2D eigenvalue weighted by atomic mass is 10.2. The fourth-order valence-electron chi connectivity index (χ4n) is 2.06.